The molecule has 2 aromatic rings. The molecule has 7 heteroatoms. The second-order valence-electron chi connectivity index (χ2n) is 3.85. The summed E-state index contributed by atoms with van der Waals surface area (Å²) >= 11 is 0. The van der Waals surface area contributed by atoms with Crippen molar-refractivity contribution in [2.45, 2.75) is 6.04 Å². The van der Waals surface area contributed by atoms with Crippen molar-refractivity contribution < 1.29 is 14.3 Å². The van der Waals surface area contributed by atoms with Gasteiger partial charge in [-0.05, 0) is 17.7 Å². The van der Waals surface area contributed by atoms with Crippen molar-refractivity contribution in [3.63, 3.8) is 0 Å². The first kappa shape index (κ1) is 12.7. The highest BCUT2D eigenvalue weighted by molar-refractivity contribution is 5.76. The van der Waals surface area contributed by atoms with E-state index in [0.717, 1.165) is 29.2 Å². The lowest BCUT2D eigenvalue weighted by atomic mass is 10.1. The average Bonchev–Trinajstić information content (AvgIpc) is 2.37. The fraction of sp³-hybridized carbons (Fsp3) is 0.0833. The fourth-order valence-corrected chi connectivity index (χ4v) is 1.69. The zero-order valence-corrected chi connectivity index (χ0v) is 9.65. The fourth-order valence-electron chi connectivity index (χ4n) is 1.69. The number of hydrogen-bond donors (Lipinski definition) is 2. The second kappa shape index (κ2) is 4.89. The lowest BCUT2D eigenvalue weighted by molar-refractivity contribution is -0.139. The topological polar surface area (TPSA) is 98.2 Å². The van der Waals surface area contributed by atoms with Gasteiger partial charge in [0.1, 0.15) is 11.5 Å². The van der Waals surface area contributed by atoms with Crippen LogP contribution in [-0.4, -0.2) is 20.6 Å². The van der Waals surface area contributed by atoms with Gasteiger partial charge in [-0.1, -0.05) is 12.1 Å². The summed E-state index contributed by atoms with van der Waals surface area (Å²) in [5.41, 5.74) is 4.85. The Labute approximate surface area is 106 Å². The summed E-state index contributed by atoms with van der Waals surface area (Å²) < 4.78 is 13.7. The highest BCUT2D eigenvalue weighted by Crippen LogP contribution is 2.17. The molecule has 1 aromatic heterocycles. The van der Waals surface area contributed by atoms with E-state index < -0.39 is 23.4 Å². The van der Waals surface area contributed by atoms with E-state index in [1.165, 1.54) is 12.1 Å². The molecule has 0 aliphatic carbocycles. The number of nitrogen functional groups attached to an aromatic ring is 1. The van der Waals surface area contributed by atoms with Crippen LogP contribution in [0.15, 0.2) is 41.6 Å². The molecule has 3 N–H and O–H groups in total. The van der Waals surface area contributed by atoms with Gasteiger partial charge in [-0.2, -0.15) is 0 Å². The van der Waals surface area contributed by atoms with E-state index in [4.69, 9.17) is 5.73 Å². The Hall–Kier alpha value is -2.70. The molecule has 0 bridgehead atoms. The summed E-state index contributed by atoms with van der Waals surface area (Å²) in [6.45, 7) is 0. The van der Waals surface area contributed by atoms with Crippen molar-refractivity contribution in [3.05, 3.63) is 58.5 Å². The SMILES string of the molecule is Nc1cncn(C(C(=O)O)c2ccc(F)cc2)c1=O. The Morgan fingerprint density at radius 2 is 2.00 bits per heavy atom. The molecule has 0 saturated heterocycles. The van der Waals surface area contributed by atoms with Crippen LogP contribution in [0.1, 0.15) is 11.6 Å². The van der Waals surface area contributed by atoms with Gasteiger partial charge in [-0.15, -0.1) is 0 Å². The second-order valence-corrected chi connectivity index (χ2v) is 3.85. The van der Waals surface area contributed by atoms with Gasteiger partial charge in [-0.3, -0.25) is 9.36 Å². The van der Waals surface area contributed by atoms with E-state index in [1.807, 2.05) is 0 Å². The molecule has 0 fully saturated rings. The molecule has 0 radical (unpaired) electrons. The number of carbonyl (C=O) groups is 1. The molecule has 6 nitrogen and oxygen atoms in total. The molecule has 0 saturated carbocycles. The van der Waals surface area contributed by atoms with E-state index in [2.05, 4.69) is 4.98 Å². The molecule has 0 spiro atoms. The maximum Gasteiger partial charge on any atom is 0.331 e. The van der Waals surface area contributed by atoms with Crippen molar-refractivity contribution in [2.24, 2.45) is 0 Å². The summed E-state index contributed by atoms with van der Waals surface area (Å²) in [5, 5.41) is 9.24. The summed E-state index contributed by atoms with van der Waals surface area (Å²) in [6, 6.07) is 3.53. The molecule has 98 valence electrons. The summed E-state index contributed by atoms with van der Waals surface area (Å²) in [4.78, 5) is 26.8. The third-order valence-corrected chi connectivity index (χ3v) is 2.58. The highest BCUT2D eigenvalue weighted by Gasteiger charge is 2.23. The highest BCUT2D eigenvalue weighted by atomic mass is 19.1. The van der Waals surface area contributed by atoms with Gasteiger partial charge in [0.2, 0.25) is 0 Å². The lowest BCUT2D eigenvalue weighted by Crippen LogP contribution is -2.32. The summed E-state index contributed by atoms with van der Waals surface area (Å²) in [7, 11) is 0. The molecular formula is C12H10FN3O3. The largest absolute Gasteiger partial charge is 0.479 e. The van der Waals surface area contributed by atoms with Crippen LogP contribution < -0.4 is 11.3 Å². The Kier molecular flexibility index (Phi) is 3.28. The number of rotatable bonds is 3. The van der Waals surface area contributed by atoms with Crippen LogP contribution in [0.2, 0.25) is 0 Å². The van der Waals surface area contributed by atoms with Crippen LogP contribution in [0.25, 0.3) is 0 Å². The van der Waals surface area contributed by atoms with E-state index in [-0.39, 0.29) is 11.3 Å². The number of hydrogen-bond acceptors (Lipinski definition) is 4. The molecule has 2 rings (SSSR count). The Morgan fingerprint density at radius 3 is 2.58 bits per heavy atom. The predicted molar refractivity (Wildman–Crippen MR) is 65.1 cm³/mol. The average molecular weight is 263 g/mol. The number of aliphatic carboxylic acids is 1. The number of carboxylic acid groups (broad SMARTS) is 1. The van der Waals surface area contributed by atoms with Gasteiger partial charge in [-0.25, -0.2) is 14.2 Å². The summed E-state index contributed by atoms with van der Waals surface area (Å²) in [6.07, 6.45) is 2.23. The predicted octanol–water partition coefficient (Wildman–Crippen LogP) is 0.639. The molecule has 0 amide bonds. The molecule has 1 heterocycles. The minimum absolute atomic E-state index is 0.157. The number of carboxylic acids is 1. The van der Waals surface area contributed by atoms with Crippen molar-refractivity contribution in [2.75, 3.05) is 5.73 Å². The molecule has 19 heavy (non-hydrogen) atoms. The standard InChI is InChI=1S/C12H10FN3O3/c13-8-3-1-7(2-4-8)10(12(18)19)16-6-15-5-9(14)11(16)17/h1-6,10H,14H2,(H,18,19). The third kappa shape index (κ3) is 2.44. The van der Waals surface area contributed by atoms with Crippen LogP contribution in [0.4, 0.5) is 10.1 Å². The number of benzene rings is 1. The smallest absolute Gasteiger partial charge is 0.331 e. The number of nitrogens with two attached hydrogens (primary N) is 1. The van der Waals surface area contributed by atoms with E-state index in [9.17, 15) is 19.1 Å². The maximum absolute atomic E-state index is 12.8. The number of halogens is 1. The minimum Gasteiger partial charge on any atom is -0.479 e. The van der Waals surface area contributed by atoms with Crippen LogP contribution in [-0.2, 0) is 4.79 Å². The van der Waals surface area contributed by atoms with Crippen LogP contribution in [0.3, 0.4) is 0 Å². The zero-order chi connectivity index (χ0) is 14.0. The van der Waals surface area contributed by atoms with Gasteiger partial charge in [0, 0.05) is 0 Å². The maximum atomic E-state index is 12.8. The van der Waals surface area contributed by atoms with Crippen LogP contribution >= 0.6 is 0 Å². The number of aromatic nitrogens is 2. The number of anilines is 1. The Bertz CT molecular complexity index is 667. The quantitative estimate of drug-likeness (QED) is 0.846. The molecule has 1 atom stereocenters. The van der Waals surface area contributed by atoms with E-state index in [0.29, 0.717) is 0 Å². The molecule has 0 aliphatic heterocycles. The minimum atomic E-state index is -1.30. The normalized spacial score (nSPS) is 12.1. The van der Waals surface area contributed by atoms with Gasteiger partial charge in [0.05, 0.1) is 12.5 Å². The van der Waals surface area contributed by atoms with Gasteiger partial charge < -0.3 is 10.8 Å². The first-order valence-electron chi connectivity index (χ1n) is 5.30. The monoisotopic (exact) mass is 263 g/mol. The van der Waals surface area contributed by atoms with E-state index >= 15 is 0 Å². The van der Waals surface area contributed by atoms with Gasteiger partial charge in [0.15, 0.2) is 6.04 Å². The summed E-state index contributed by atoms with van der Waals surface area (Å²) in [5.74, 6) is -1.76. The molecular weight excluding hydrogens is 253 g/mol. The van der Waals surface area contributed by atoms with Crippen molar-refractivity contribution in [3.8, 4) is 0 Å². The van der Waals surface area contributed by atoms with Crippen LogP contribution in [0, 0.1) is 5.82 Å². The van der Waals surface area contributed by atoms with Crippen molar-refractivity contribution in [1.29, 1.82) is 0 Å². The first-order chi connectivity index (χ1) is 9.00. The molecule has 0 aliphatic rings. The molecule has 1 aromatic carbocycles. The van der Waals surface area contributed by atoms with Crippen molar-refractivity contribution in [1.82, 2.24) is 9.55 Å². The van der Waals surface area contributed by atoms with Gasteiger partial charge in [0.25, 0.3) is 5.56 Å². The Balaban J connectivity index is 2.58. The zero-order valence-electron chi connectivity index (χ0n) is 9.65. The number of nitrogens with zero attached hydrogens (tertiary/aromatic N) is 2. The first-order valence-corrected chi connectivity index (χ1v) is 5.30. The molecule has 1 unspecified atom stereocenters. The van der Waals surface area contributed by atoms with Crippen molar-refractivity contribution >= 4 is 11.7 Å². The van der Waals surface area contributed by atoms with E-state index in [1.54, 1.807) is 0 Å². The third-order valence-electron chi connectivity index (χ3n) is 2.58. The van der Waals surface area contributed by atoms with Crippen LogP contribution in [0.5, 0.6) is 0 Å². The van der Waals surface area contributed by atoms with Gasteiger partial charge >= 0.3 is 5.97 Å². The lowest BCUT2D eigenvalue weighted by Gasteiger charge is -2.15. The Morgan fingerprint density at radius 1 is 1.37 bits per heavy atom.